The van der Waals surface area contributed by atoms with E-state index in [2.05, 4.69) is 9.47 Å². The molecule has 0 aromatic heterocycles. The molecule has 0 amide bonds. The van der Waals surface area contributed by atoms with E-state index in [0.717, 1.165) is 39.6 Å². The first-order chi connectivity index (χ1) is 8.66. The van der Waals surface area contributed by atoms with Gasteiger partial charge in [0.1, 0.15) is 0 Å². The van der Waals surface area contributed by atoms with Crippen molar-refractivity contribution in [3.05, 3.63) is 0 Å². The van der Waals surface area contributed by atoms with Crippen LogP contribution in [0.2, 0.25) is 0 Å². The molecule has 0 radical (unpaired) electrons. The fourth-order valence-electron chi connectivity index (χ4n) is 0.408. The van der Waals surface area contributed by atoms with Gasteiger partial charge >= 0.3 is 0 Å². The zero-order valence-electron chi connectivity index (χ0n) is 13.9. The van der Waals surface area contributed by atoms with Gasteiger partial charge < -0.3 is 18.9 Å². The van der Waals surface area contributed by atoms with E-state index in [4.69, 9.17) is 9.47 Å². The minimum Gasteiger partial charge on any atom is -0.385 e. The minimum absolute atomic E-state index is 0.819. The molecule has 116 valence electrons. The Morgan fingerprint density at radius 3 is 0.611 bits per heavy atom. The van der Waals surface area contributed by atoms with Crippen molar-refractivity contribution in [2.24, 2.45) is 0 Å². The van der Waals surface area contributed by atoms with E-state index in [1.165, 1.54) is 0 Å². The molecular formula is C14H36O4. The topological polar surface area (TPSA) is 36.9 Å². The summed E-state index contributed by atoms with van der Waals surface area (Å²) < 4.78 is 18.7. The molecule has 0 aromatic carbocycles. The summed E-state index contributed by atoms with van der Waals surface area (Å²) in [6.45, 7) is 16.9. The molecule has 18 heavy (non-hydrogen) atoms. The lowest BCUT2D eigenvalue weighted by Gasteiger charge is -1.86. The normalized spacial score (nSPS) is 8.00. The van der Waals surface area contributed by atoms with Gasteiger partial charge in [-0.15, -0.1) is 0 Å². The molecule has 0 aliphatic rings. The minimum atomic E-state index is 0.819. The van der Waals surface area contributed by atoms with E-state index in [1.54, 1.807) is 14.2 Å². The third kappa shape index (κ3) is 102. The predicted octanol–water partition coefficient (Wildman–Crippen LogP) is 3.39. The summed E-state index contributed by atoms with van der Waals surface area (Å²) in [7, 11) is 3.36. The first-order valence-electron chi connectivity index (χ1n) is 6.79. The van der Waals surface area contributed by atoms with Gasteiger partial charge in [0.05, 0.1) is 0 Å². The van der Waals surface area contributed by atoms with Gasteiger partial charge in [-0.25, -0.2) is 0 Å². The van der Waals surface area contributed by atoms with E-state index in [1.807, 2.05) is 41.5 Å². The van der Waals surface area contributed by atoms with E-state index < -0.39 is 0 Å². The SMILES string of the molecule is CCOC.CCOC.CCOCC.CCOCC. The first kappa shape index (κ1) is 26.4. The zero-order chi connectivity index (χ0) is 15.1. The summed E-state index contributed by atoms with van der Waals surface area (Å²) in [5.41, 5.74) is 0. The molecule has 0 bridgehead atoms. The summed E-state index contributed by atoms with van der Waals surface area (Å²) in [5, 5.41) is 0. The maximum atomic E-state index is 4.83. The van der Waals surface area contributed by atoms with Crippen LogP contribution in [0.1, 0.15) is 41.5 Å². The molecule has 0 unspecified atom stereocenters. The monoisotopic (exact) mass is 268 g/mol. The first-order valence-corrected chi connectivity index (χ1v) is 6.79. The highest BCUT2D eigenvalue weighted by molar-refractivity contribution is 4.07. The van der Waals surface area contributed by atoms with Crippen LogP contribution in [0.5, 0.6) is 0 Å². The Morgan fingerprint density at radius 1 is 0.444 bits per heavy atom. The molecule has 0 rings (SSSR count). The molecule has 0 aliphatic carbocycles. The van der Waals surface area contributed by atoms with E-state index in [0.29, 0.717) is 0 Å². The van der Waals surface area contributed by atoms with Crippen LogP contribution in [0.25, 0.3) is 0 Å². The highest BCUT2D eigenvalue weighted by Gasteiger charge is 1.64. The Morgan fingerprint density at radius 2 is 0.611 bits per heavy atom. The largest absolute Gasteiger partial charge is 0.385 e. The van der Waals surface area contributed by atoms with Gasteiger partial charge in [0.2, 0.25) is 0 Å². The Hall–Kier alpha value is -0.160. The lowest BCUT2D eigenvalue weighted by atomic mass is 10.8. The molecule has 0 fully saturated rings. The van der Waals surface area contributed by atoms with Crippen LogP contribution in [-0.4, -0.2) is 53.9 Å². The molecule has 0 aliphatic heterocycles. The van der Waals surface area contributed by atoms with Crippen LogP contribution in [0.4, 0.5) is 0 Å². The third-order valence-electron chi connectivity index (χ3n) is 1.39. The van der Waals surface area contributed by atoms with Crippen LogP contribution in [0, 0.1) is 0 Å². The van der Waals surface area contributed by atoms with Crippen molar-refractivity contribution >= 4 is 0 Å². The van der Waals surface area contributed by atoms with Crippen molar-refractivity contribution in [3.8, 4) is 0 Å². The van der Waals surface area contributed by atoms with Gasteiger partial charge in [0, 0.05) is 53.9 Å². The molecule has 4 heteroatoms. The van der Waals surface area contributed by atoms with Crippen molar-refractivity contribution in [2.75, 3.05) is 53.9 Å². The maximum Gasteiger partial charge on any atom is 0.0437 e. The lowest BCUT2D eigenvalue weighted by Crippen LogP contribution is -1.84. The second-order valence-corrected chi connectivity index (χ2v) is 2.72. The maximum absolute atomic E-state index is 4.83. The molecule has 0 atom stereocenters. The summed E-state index contributed by atoms with van der Waals surface area (Å²) in [6, 6.07) is 0. The summed E-state index contributed by atoms with van der Waals surface area (Å²) in [5.74, 6) is 0. The summed E-state index contributed by atoms with van der Waals surface area (Å²) in [4.78, 5) is 0. The molecule has 0 aromatic rings. The van der Waals surface area contributed by atoms with Gasteiger partial charge in [0.25, 0.3) is 0 Å². The van der Waals surface area contributed by atoms with Gasteiger partial charge in [0.15, 0.2) is 0 Å². The van der Waals surface area contributed by atoms with Crippen LogP contribution in [0.15, 0.2) is 0 Å². The lowest BCUT2D eigenvalue weighted by molar-refractivity contribution is 0.162. The van der Waals surface area contributed by atoms with Crippen LogP contribution < -0.4 is 0 Å². The van der Waals surface area contributed by atoms with Gasteiger partial charge in [-0.1, -0.05) is 0 Å². The van der Waals surface area contributed by atoms with Crippen molar-refractivity contribution in [2.45, 2.75) is 41.5 Å². The number of methoxy groups -OCH3 is 2. The van der Waals surface area contributed by atoms with Gasteiger partial charge in [-0.3, -0.25) is 0 Å². The third-order valence-corrected chi connectivity index (χ3v) is 1.39. The van der Waals surface area contributed by atoms with E-state index in [9.17, 15) is 0 Å². The average molecular weight is 268 g/mol. The zero-order valence-corrected chi connectivity index (χ0v) is 13.9. The molecule has 0 spiro atoms. The van der Waals surface area contributed by atoms with Gasteiger partial charge in [-0.2, -0.15) is 0 Å². The molecule has 0 saturated carbocycles. The smallest absolute Gasteiger partial charge is 0.0437 e. The number of hydrogen-bond acceptors (Lipinski definition) is 4. The standard InChI is InChI=1S/2C4H10O.2C3H8O/c2*1-3-5-4-2;2*1-3-4-2/h2*3-4H2,1-2H3;2*3H2,1-2H3. The highest BCUT2D eigenvalue weighted by atomic mass is 16.5. The van der Waals surface area contributed by atoms with Crippen LogP contribution >= 0.6 is 0 Å². The Kier molecular flexibility index (Phi) is 64.0. The molecule has 0 heterocycles. The molecule has 4 nitrogen and oxygen atoms in total. The predicted molar refractivity (Wildman–Crippen MR) is 79.4 cm³/mol. The average Bonchev–Trinajstić information content (AvgIpc) is 2.42. The van der Waals surface area contributed by atoms with Crippen molar-refractivity contribution in [1.82, 2.24) is 0 Å². The fraction of sp³-hybridized carbons (Fsp3) is 1.00. The summed E-state index contributed by atoms with van der Waals surface area (Å²) in [6.07, 6.45) is 0. The van der Waals surface area contributed by atoms with Crippen LogP contribution in [0.3, 0.4) is 0 Å². The second-order valence-electron chi connectivity index (χ2n) is 2.72. The van der Waals surface area contributed by atoms with Gasteiger partial charge in [-0.05, 0) is 41.5 Å². The highest BCUT2D eigenvalue weighted by Crippen LogP contribution is 1.65. The van der Waals surface area contributed by atoms with E-state index in [-0.39, 0.29) is 0 Å². The van der Waals surface area contributed by atoms with E-state index >= 15 is 0 Å². The Balaban J connectivity index is -0.0000000731. The van der Waals surface area contributed by atoms with Crippen molar-refractivity contribution in [1.29, 1.82) is 0 Å². The number of ether oxygens (including phenoxy) is 4. The number of rotatable bonds is 6. The quantitative estimate of drug-likeness (QED) is 0.740. The Labute approximate surface area is 115 Å². The molecular weight excluding hydrogens is 232 g/mol. The van der Waals surface area contributed by atoms with Crippen molar-refractivity contribution < 1.29 is 18.9 Å². The Bertz CT molecular complexity index is 62.2. The van der Waals surface area contributed by atoms with Crippen LogP contribution in [-0.2, 0) is 18.9 Å². The van der Waals surface area contributed by atoms with Crippen molar-refractivity contribution in [3.63, 3.8) is 0 Å². The number of hydrogen-bond donors (Lipinski definition) is 0. The molecule has 0 saturated heterocycles. The second kappa shape index (κ2) is 43.6. The molecule has 0 N–H and O–H groups in total. The summed E-state index contributed by atoms with van der Waals surface area (Å²) >= 11 is 0. The fourth-order valence-corrected chi connectivity index (χ4v) is 0.408.